The van der Waals surface area contributed by atoms with Gasteiger partial charge in [-0.2, -0.15) is 11.8 Å². The molecule has 2 aromatic rings. The minimum absolute atomic E-state index is 0.184. The van der Waals surface area contributed by atoms with Crippen LogP contribution in [0.3, 0.4) is 0 Å². The lowest BCUT2D eigenvalue weighted by Crippen LogP contribution is -2.25. The van der Waals surface area contributed by atoms with Gasteiger partial charge in [-0.25, -0.2) is 8.42 Å². The third-order valence-corrected chi connectivity index (χ3v) is 6.10. The van der Waals surface area contributed by atoms with Gasteiger partial charge in [0.2, 0.25) is 0 Å². The Hall–Kier alpha value is -1.31. The number of sulfone groups is 1. The number of nitrogens with one attached hydrogen (secondary N) is 1. The summed E-state index contributed by atoms with van der Waals surface area (Å²) in [5.41, 5.74) is 0.468. The molecular formula is C15H17NO3S3. The molecule has 0 bridgehead atoms. The number of benzene rings is 1. The summed E-state index contributed by atoms with van der Waals surface area (Å²) < 4.78 is 22.7. The van der Waals surface area contributed by atoms with Gasteiger partial charge in [-0.15, -0.1) is 11.3 Å². The van der Waals surface area contributed by atoms with Crippen molar-refractivity contribution < 1.29 is 13.2 Å². The number of thiophene rings is 1. The number of rotatable bonds is 7. The van der Waals surface area contributed by atoms with E-state index in [0.717, 1.165) is 17.8 Å². The van der Waals surface area contributed by atoms with Gasteiger partial charge < -0.3 is 5.32 Å². The average molecular weight is 356 g/mol. The van der Waals surface area contributed by atoms with Crippen LogP contribution >= 0.6 is 23.1 Å². The third kappa shape index (κ3) is 5.15. The summed E-state index contributed by atoms with van der Waals surface area (Å²) in [7, 11) is -3.23. The molecule has 1 aromatic carbocycles. The Kier molecular flexibility index (Phi) is 6.05. The van der Waals surface area contributed by atoms with Gasteiger partial charge in [0.25, 0.3) is 5.91 Å². The molecule has 0 aliphatic rings. The molecule has 2 rings (SSSR count). The topological polar surface area (TPSA) is 63.2 Å². The highest BCUT2D eigenvalue weighted by Crippen LogP contribution is 2.16. The van der Waals surface area contributed by atoms with Crippen LogP contribution in [0.4, 0.5) is 0 Å². The zero-order valence-corrected chi connectivity index (χ0v) is 14.6. The summed E-state index contributed by atoms with van der Waals surface area (Å²) in [5, 5.41) is 4.88. The van der Waals surface area contributed by atoms with E-state index in [4.69, 9.17) is 0 Å². The molecule has 0 radical (unpaired) electrons. The maximum absolute atomic E-state index is 11.9. The van der Waals surface area contributed by atoms with E-state index in [-0.39, 0.29) is 10.8 Å². The van der Waals surface area contributed by atoms with Crippen LogP contribution in [-0.4, -0.2) is 32.9 Å². The minimum atomic E-state index is -3.23. The quantitative estimate of drug-likeness (QED) is 0.776. The van der Waals surface area contributed by atoms with Crippen molar-refractivity contribution in [2.75, 3.05) is 18.6 Å². The fourth-order valence-electron chi connectivity index (χ4n) is 1.76. The van der Waals surface area contributed by atoms with Crippen LogP contribution in [0.5, 0.6) is 0 Å². The molecule has 1 amide bonds. The molecule has 1 N–H and O–H groups in total. The lowest BCUT2D eigenvalue weighted by atomic mass is 10.2. The average Bonchev–Trinajstić information content (AvgIpc) is 2.99. The summed E-state index contributed by atoms with van der Waals surface area (Å²) in [6, 6.07) is 10.1. The van der Waals surface area contributed by atoms with Crippen molar-refractivity contribution in [1.29, 1.82) is 0 Å². The van der Waals surface area contributed by atoms with Crippen LogP contribution in [0.15, 0.2) is 46.7 Å². The standard InChI is InChI=1S/C15H17NO3S3/c1-22(18,19)14-6-4-12(5-7-14)15(17)16-8-10-20-11-13-3-2-9-21-13/h2-7,9H,8,10-11H2,1H3,(H,16,17). The second-order valence-electron chi connectivity index (χ2n) is 4.68. The van der Waals surface area contributed by atoms with Gasteiger partial charge in [-0.05, 0) is 35.7 Å². The highest BCUT2D eigenvalue weighted by atomic mass is 32.2. The van der Waals surface area contributed by atoms with Crippen LogP contribution in [0.1, 0.15) is 15.2 Å². The Bertz CT molecular complexity index is 707. The highest BCUT2D eigenvalue weighted by Gasteiger charge is 2.09. The lowest BCUT2D eigenvalue weighted by molar-refractivity contribution is 0.0956. The van der Waals surface area contributed by atoms with Crippen molar-refractivity contribution in [1.82, 2.24) is 5.32 Å². The number of thioether (sulfide) groups is 1. The van der Waals surface area contributed by atoms with Crippen molar-refractivity contribution in [2.24, 2.45) is 0 Å². The molecule has 7 heteroatoms. The van der Waals surface area contributed by atoms with E-state index in [1.807, 2.05) is 6.07 Å². The smallest absolute Gasteiger partial charge is 0.251 e. The number of amides is 1. The van der Waals surface area contributed by atoms with Gasteiger partial charge in [0.05, 0.1) is 4.90 Å². The Morgan fingerprint density at radius 3 is 2.55 bits per heavy atom. The van der Waals surface area contributed by atoms with Gasteiger partial charge in [-0.3, -0.25) is 4.79 Å². The highest BCUT2D eigenvalue weighted by molar-refractivity contribution is 7.98. The summed E-state index contributed by atoms with van der Waals surface area (Å²) in [4.78, 5) is 13.5. The number of carbonyl (C=O) groups excluding carboxylic acids is 1. The second-order valence-corrected chi connectivity index (χ2v) is 8.84. The third-order valence-electron chi connectivity index (χ3n) is 2.90. The molecule has 118 valence electrons. The molecule has 0 unspecified atom stereocenters. The Morgan fingerprint density at radius 2 is 1.95 bits per heavy atom. The molecular weight excluding hydrogens is 338 g/mol. The van der Waals surface area contributed by atoms with E-state index < -0.39 is 9.84 Å². The Balaban J connectivity index is 1.75. The molecule has 4 nitrogen and oxygen atoms in total. The molecule has 1 aromatic heterocycles. The van der Waals surface area contributed by atoms with Crippen molar-refractivity contribution >= 4 is 38.8 Å². The van der Waals surface area contributed by atoms with E-state index in [2.05, 4.69) is 16.8 Å². The van der Waals surface area contributed by atoms with Crippen molar-refractivity contribution in [3.05, 3.63) is 52.2 Å². The summed E-state index contributed by atoms with van der Waals surface area (Å²) in [6.07, 6.45) is 1.15. The molecule has 0 aliphatic carbocycles. The van der Waals surface area contributed by atoms with Gasteiger partial charge in [0.15, 0.2) is 9.84 Å². The maximum atomic E-state index is 11.9. The normalized spacial score (nSPS) is 11.3. The summed E-state index contributed by atoms with van der Waals surface area (Å²) >= 11 is 3.50. The van der Waals surface area contributed by atoms with Crippen LogP contribution in [-0.2, 0) is 15.6 Å². The van der Waals surface area contributed by atoms with Crippen molar-refractivity contribution in [3.63, 3.8) is 0 Å². The Morgan fingerprint density at radius 1 is 1.23 bits per heavy atom. The SMILES string of the molecule is CS(=O)(=O)c1ccc(C(=O)NCCSCc2cccs2)cc1. The monoisotopic (exact) mass is 355 g/mol. The predicted octanol–water partition coefficient (Wildman–Crippen LogP) is 2.81. The van der Waals surface area contributed by atoms with E-state index in [1.165, 1.54) is 29.1 Å². The zero-order chi connectivity index (χ0) is 16.0. The fourth-order valence-corrected chi connectivity index (χ4v) is 4.09. The van der Waals surface area contributed by atoms with Crippen molar-refractivity contribution in [3.8, 4) is 0 Å². The first-order chi connectivity index (χ1) is 10.5. The molecule has 0 saturated heterocycles. The van der Waals surface area contributed by atoms with Crippen LogP contribution in [0, 0.1) is 0 Å². The zero-order valence-electron chi connectivity index (χ0n) is 12.1. The van der Waals surface area contributed by atoms with Gasteiger partial charge >= 0.3 is 0 Å². The van der Waals surface area contributed by atoms with E-state index in [0.29, 0.717) is 12.1 Å². The number of carbonyl (C=O) groups is 1. The Labute approximate surface area is 138 Å². The van der Waals surface area contributed by atoms with Gasteiger partial charge in [0.1, 0.15) is 0 Å². The first-order valence-corrected chi connectivity index (χ1v) is 10.6. The number of hydrogen-bond acceptors (Lipinski definition) is 5. The molecule has 0 spiro atoms. The first-order valence-electron chi connectivity index (χ1n) is 6.65. The lowest BCUT2D eigenvalue weighted by Gasteiger charge is -2.05. The van der Waals surface area contributed by atoms with Gasteiger partial charge in [-0.1, -0.05) is 6.07 Å². The second kappa shape index (κ2) is 7.80. The largest absolute Gasteiger partial charge is 0.351 e. The maximum Gasteiger partial charge on any atom is 0.251 e. The fraction of sp³-hybridized carbons (Fsp3) is 0.267. The minimum Gasteiger partial charge on any atom is -0.351 e. The van der Waals surface area contributed by atoms with E-state index in [9.17, 15) is 13.2 Å². The molecule has 0 aliphatic heterocycles. The van der Waals surface area contributed by atoms with E-state index in [1.54, 1.807) is 23.1 Å². The van der Waals surface area contributed by atoms with Gasteiger partial charge in [0, 0.05) is 34.7 Å². The molecule has 22 heavy (non-hydrogen) atoms. The summed E-state index contributed by atoms with van der Waals surface area (Å²) in [5.74, 6) is 1.61. The molecule has 0 saturated carbocycles. The first kappa shape index (κ1) is 17.1. The predicted molar refractivity (Wildman–Crippen MR) is 92.4 cm³/mol. The van der Waals surface area contributed by atoms with Crippen LogP contribution in [0.2, 0.25) is 0 Å². The molecule has 0 fully saturated rings. The number of hydrogen-bond donors (Lipinski definition) is 1. The summed E-state index contributed by atoms with van der Waals surface area (Å²) in [6.45, 7) is 0.586. The van der Waals surface area contributed by atoms with Crippen LogP contribution < -0.4 is 5.32 Å². The molecule has 1 heterocycles. The van der Waals surface area contributed by atoms with Crippen LogP contribution in [0.25, 0.3) is 0 Å². The van der Waals surface area contributed by atoms with Crippen molar-refractivity contribution in [2.45, 2.75) is 10.6 Å². The van der Waals surface area contributed by atoms with E-state index >= 15 is 0 Å². The molecule has 0 atom stereocenters.